The summed E-state index contributed by atoms with van der Waals surface area (Å²) in [6.07, 6.45) is 6.79. The summed E-state index contributed by atoms with van der Waals surface area (Å²) in [5, 5.41) is 10.3. The molecule has 16 nitrogen and oxygen atoms in total. The van der Waals surface area contributed by atoms with E-state index in [4.69, 9.17) is 5.73 Å². The number of nitrogens with two attached hydrogens (primary N) is 1. The number of rotatable bonds is 11. The van der Waals surface area contributed by atoms with Crippen LogP contribution in [0.1, 0.15) is 71.9 Å². The first kappa shape index (κ1) is 42.9. The molecule has 3 aromatic carbocycles. The van der Waals surface area contributed by atoms with Crippen molar-refractivity contribution in [1.82, 2.24) is 29.7 Å². The first-order valence-electron chi connectivity index (χ1n) is 22.8. The van der Waals surface area contributed by atoms with Gasteiger partial charge in [-0.05, 0) is 85.7 Å². The number of nitrogens with zero attached hydrogens (tertiary/aromatic N) is 7. The minimum Gasteiger partial charge on any atom is -0.374 e. The number of halogens is 2. The average molecular weight is 930 g/mol. The number of piperidine rings is 2. The molecule has 5 aromatic rings. The SMILES string of the molecule is NC1(CC(=O)N2CC3(C2)CN(c2ccc(-c4cc(F)c5c(c4)C(=O)N(C(C(=O)Nc4nccs4)c4ncn6c4CCC6)C5)cc2)C3)CCN(c2ccc(NC3CCC(=O)NC3=O)cc2F)CC1. The lowest BCUT2D eigenvalue weighted by atomic mass is 9.72. The number of nitrogens with one attached hydrogen (secondary N) is 3. The van der Waals surface area contributed by atoms with Gasteiger partial charge < -0.3 is 35.2 Å². The van der Waals surface area contributed by atoms with Gasteiger partial charge in [-0.25, -0.2) is 18.7 Å². The molecule has 0 bridgehead atoms. The number of aromatic nitrogens is 3. The van der Waals surface area contributed by atoms with Crippen LogP contribution in [0.15, 0.2) is 72.5 Å². The van der Waals surface area contributed by atoms with Crippen molar-refractivity contribution in [2.75, 3.05) is 59.7 Å². The average Bonchev–Trinajstić information content (AvgIpc) is 4.10. The zero-order valence-corrected chi connectivity index (χ0v) is 37.4. The fourth-order valence-corrected chi connectivity index (χ4v) is 11.3. The molecule has 4 saturated heterocycles. The quantitative estimate of drug-likeness (QED) is 0.133. The Hall–Kier alpha value is -6.73. The van der Waals surface area contributed by atoms with Crippen molar-refractivity contribution in [2.45, 2.75) is 75.7 Å². The van der Waals surface area contributed by atoms with E-state index >= 15 is 8.78 Å². The third kappa shape index (κ3) is 7.96. The second kappa shape index (κ2) is 16.6. The van der Waals surface area contributed by atoms with E-state index in [2.05, 4.69) is 30.8 Å². The van der Waals surface area contributed by atoms with Crippen LogP contribution in [0.4, 0.5) is 31.0 Å². The van der Waals surface area contributed by atoms with Gasteiger partial charge in [0.05, 0.1) is 24.3 Å². The van der Waals surface area contributed by atoms with E-state index in [0.717, 1.165) is 49.4 Å². The number of thiazole rings is 1. The van der Waals surface area contributed by atoms with Gasteiger partial charge in [0.15, 0.2) is 11.2 Å². The third-order valence-corrected chi connectivity index (χ3v) is 15.1. The standard InChI is InChI=1S/C48H49F2N11O5S/c49-34-19-29(18-32-33(34)22-61(45(32)66)42(44(65)56-46-52-13-17-67-46)41-38-2-1-14-58(38)27-53-41)28-3-6-31(7-4-28)59-23-47(24-59)25-60(26-47)40(63)21-48(51)11-15-57(16-12-48)37-9-5-30(20-35(37)50)54-36-8-10-39(62)55-43(36)64/h3-7,9,13,17-20,27,36,42,54H,1-2,8,10-12,14-16,21-26,51H2,(H,52,56,65)(H,55,62,64). The molecule has 19 heteroatoms. The number of carbonyl (C=O) groups is 5. The molecule has 2 unspecified atom stereocenters. The van der Waals surface area contributed by atoms with Gasteiger partial charge in [0.1, 0.15) is 17.7 Å². The number of likely N-dealkylation sites (tertiary alicyclic amines) is 1. The van der Waals surface area contributed by atoms with E-state index < -0.39 is 47.0 Å². The number of hydrogen-bond acceptors (Lipinski definition) is 12. The third-order valence-electron chi connectivity index (χ3n) is 14.4. The molecule has 2 aromatic heterocycles. The Balaban J connectivity index is 0.675. The lowest BCUT2D eigenvalue weighted by molar-refractivity contribution is -0.146. The van der Waals surface area contributed by atoms with Crippen LogP contribution in [0.2, 0.25) is 0 Å². The van der Waals surface area contributed by atoms with Crippen LogP contribution in [-0.4, -0.2) is 105 Å². The second-order valence-corrected chi connectivity index (χ2v) is 19.9. The van der Waals surface area contributed by atoms with E-state index in [0.29, 0.717) is 73.2 Å². The predicted molar refractivity (Wildman–Crippen MR) is 246 cm³/mol. The molecule has 5 amide bonds. The van der Waals surface area contributed by atoms with Crippen LogP contribution in [0, 0.1) is 17.0 Å². The first-order valence-corrected chi connectivity index (χ1v) is 23.6. The molecule has 2 atom stereocenters. The normalized spacial score (nSPS) is 20.8. The van der Waals surface area contributed by atoms with E-state index in [1.165, 1.54) is 28.4 Å². The number of carbonyl (C=O) groups excluding carboxylic acids is 5. The van der Waals surface area contributed by atoms with Gasteiger partial charge in [0.2, 0.25) is 17.7 Å². The predicted octanol–water partition coefficient (Wildman–Crippen LogP) is 4.82. The molecule has 11 rings (SSSR count). The molecule has 0 aliphatic carbocycles. The number of aryl methyl sites for hydroxylation is 1. The molecule has 0 saturated carbocycles. The lowest BCUT2D eigenvalue weighted by Gasteiger charge is -2.61. The highest BCUT2D eigenvalue weighted by Crippen LogP contribution is 2.44. The zero-order chi connectivity index (χ0) is 46.2. The Kier molecular flexibility index (Phi) is 10.6. The molecule has 0 radical (unpaired) electrons. The monoisotopic (exact) mass is 929 g/mol. The lowest BCUT2D eigenvalue weighted by Crippen LogP contribution is -2.73. The first-order chi connectivity index (χ1) is 32.3. The van der Waals surface area contributed by atoms with Gasteiger partial charge in [-0.15, -0.1) is 11.3 Å². The number of benzene rings is 3. The molecule has 8 heterocycles. The number of imide groups is 1. The second-order valence-electron chi connectivity index (χ2n) is 19.0. The molecule has 346 valence electrons. The molecule has 4 fully saturated rings. The summed E-state index contributed by atoms with van der Waals surface area (Å²) in [6, 6.07) is 14.1. The van der Waals surface area contributed by atoms with Crippen molar-refractivity contribution >= 4 is 63.1 Å². The van der Waals surface area contributed by atoms with Crippen molar-refractivity contribution in [1.29, 1.82) is 0 Å². The highest BCUT2D eigenvalue weighted by molar-refractivity contribution is 7.13. The van der Waals surface area contributed by atoms with Gasteiger partial charge in [-0.1, -0.05) is 12.1 Å². The van der Waals surface area contributed by atoms with Crippen molar-refractivity contribution in [3.63, 3.8) is 0 Å². The maximum Gasteiger partial charge on any atom is 0.255 e. The number of anilines is 4. The van der Waals surface area contributed by atoms with Gasteiger partial charge in [0, 0.05) is 109 Å². The molecular formula is C48H49F2N11O5S. The van der Waals surface area contributed by atoms with Crippen molar-refractivity contribution in [3.8, 4) is 11.1 Å². The summed E-state index contributed by atoms with van der Waals surface area (Å²) in [5.74, 6) is -2.52. The molecule has 6 aliphatic rings. The van der Waals surface area contributed by atoms with Crippen molar-refractivity contribution in [2.24, 2.45) is 11.1 Å². The van der Waals surface area contributed by atoms with Crippen molar-refractivity contribution < 1.29 is 32.8 Å². The number of fused-ring (bicyclic) bond motifs is 2. The molecule has 1 spiro atoms. The van der Waals surface area contributed by atoms with Crippen LogP contribution in [0.3, 0.4) is 0 Å². The summed E-state index contributed by atoms with van der Waals surface area (Å²) in [6.45, 7) is 4.61. The van der Waals surface area contributed by atoms with Crippen LogP contribution >= 0.6 is 11.3 Å². The number of imidazole rings is 1. The van der Waals surface area contributed by atoms with Gasteiger partial charge in [0.25, 0.3) is 11.8 Å². The topological polar surface area (TPSA) is 191 Å². The van der Waals surface area contributed by atoms with Crippen LogP contribution in [-0.2, 0) is 38.7 Å². The Morgan fingerprint density at radius 1 is 0.910 bits per heavy atom. The highest BCUT2D eigenvalue weighted by atomic mass is 32.1. The number of hydrogen-bond donors (Lipinski definition) is 4. The summed E-state index contributed by atoms with van der Waals surface area (Å²) >= 11 is 1.27. The van der Waals surface area contributed by atoms with Crippen LogP contribution in [0.25, 0.3) is 11.1 Å². The Morgan fingerprint density at radius 2 is 1.70 bits per heavy atom. The zero-order valence-electron chi connectivity index (χ0n) is 36.6. The smallest absolute Gasteiger partial charge is 0.255 e. The Labute approximate surface area is 388 Å². The van der Waals surface area contributed by atoms with Gasteiger partial charge in [-0.2, -0.15) is 0 Å². The van der Waals surface area contributed by atoms with E-state index in [1.807, 2.05) is 38.6 Å². The fraction of sp³-hybridized carbons (Fsp3) is 0.396. The number of amides is 5. The van der Waals surface area contributed by atoms with Gasteiger partial charge >= 0.3 is 0 Å². The van der Waals surface area contributed by atoms with E-state index in [1.54, 1.807) is 36.1 Å². The van der Waals surface area contributed by atoms with E-state index in [-0.39, 0.29) is 47.7 Å². The van der Waals surface area contributed by atoms with Crippen LogP contribution < -0.4 is 31.5 Å². The molecule has 67 heavy (non-hydrogen) atoms. The molecule has 6 aliphatic heterocycles. The Bertz CT molecular complexity index is 2810. The summed E-state index contributed by atoms with van der Waals surface area (Å²) in [5.41, 5.74) is 11.2. The van der Waals surface area contributed by atoms with Gasteiger partial charge in [-0.3, -0.25) is 34.6 Å². The largest absolute Gasteiger partial charge is 0.374 e. The maximum absolute atomic E-state index is 16.0. The van der Waals surface area contributed by atoms with E-state index in [9.17, 15) is 24.0 Å². The summed E-state index contributed by atoms with van der Waals surface area (Å²) < 4.78 is 33.2. The minimum absolute atomic E-state index is 0.0112. The maximum atomic E-state index is 16.0. The van der Waals surface area contributed by atoms with Crippen molar-refractivity contribution in [3.05, 3.63) is 107 Å². The van der Waals surface area contributed by atoms with Crippen LogP contribution in [0.5, 0.6) is 0 Å². The molecule has 5 N–H and O–H groups in total. The molecular weight excluding hydrogens is 881 g/mol. The fourth-order valence-electron chi connectivity index (χ4n) is 10.8. The summed E-state index contributed by atoms with van der Waals surface area (Å²) in [7, 11) is 0. The summed E-state index contributed by atoms with van der Waals surface area (Å²) in [4.78, 5) is 81.3. The Morgan fingerprint density at radius 3 is 2.43 bits per heavy atom. The highest BCUT2D eigenvalue weighted by Gasteiger charge is 2.54. The minimum atomic E-state index is -1.06.